The Morgan fingerprint density at radius 2 is 0.800 bits per heavy atom. The second kappa shape index (κ2) is 12.6. The topological polar surface area (TPSA) is 58.2 Å². The van der Waals surface area contributed by atoms with Gasteiger partial charge in [0.05, 0.1) is 0 Å². The Kier molecular flexibility index (Phi) is 8.71. The Bertz CT molecular complexity index is 1120. The molecule has 0 aliphatic heterocycles. The van der Waals surface area contributed by atoms with E-state index < -0.39 is 0 Å². The molecule has 0 heterocycles. The summed E-state index contributed by atoms with van der Waals surface area (Å²) < 4.78 is 0. The van der Waals surface area contributed by atoms with Crippen LogP contribution in [0, 0.1) is 0 Å². The fourth-order valence-corrected chi connectivity index (χ4v) is 3.86. The maximum Gasteiger partial charge on any atom is 0.193 e. The first-order valence-electron chi connectivity index (χ1n) is 12.0. The summed E-state index contributed by atoms with van der Waals surface area (Å²) in [6.07, 6.45) is 1.01. The third kappa shape index (κ3) is 7.06. The molecular weight excluding hydrogens is 432 g/mol. The molecule has 2 N–H and O–H groups in total. The van der Waals surface area contributed by atoms with E-state index in [-0.39, 0.29) is 11.6 Å². The average molecular weight is 463 g/mol. The van der Waals surface area contributed by atoms with Gasteiger partial charge in [0, 0.05) is 35.3 Å². The molecule has 35 heavy (non-hydrogen) atoms. The third-order valence-electron chi connectivity index (χ3n) is 5.87. The maximum atomic E-state index is 12.5. The SMILES string of the molecule is O=C(c1ccccc1)c1ccc(CNCCCNCc2ccc(C(=O)c3ccccc3)cc2)cc1. The monoisotopic (exact) mass is 462 g/mol. The molecule has 4 aromatic carbocycles. The number of hydrogen-bond acceptors (Lipinski definition) is 4. The molecule has 0 bridgehead atoms. The molecule has 0 saturated heterocycles. The molecular formula is C31H30N2O2. The van der Waals surface area contributed by atoms with Gasteiger partial charge < -0.3 is 10.6 Å². The lowest BCUT2D eigenvalue weighted by Gasteiger charge is -2.08. The van der Waals surface area contributed by atoms with Crippen molar-refractivity contribution in [3.8, 4) is 0 Å². The summed E-state index contributed by atoms with van der Waals surface area (Å²) in [6.45, 7) is 3.36. The maximum absolute atomic E-state index is 12.5. The van der Waals surface area contributed by atoms with E-state index in [0.29, 0.717) is 22.3 Å². The lowest BCUT2D eigenvalue weighted by atomic mass is 10.0. The first kappa shape index (κ1) is 24.3. The molecule has 0 atom stereocenters. The minimum atomic E-state index is 0.0496. The van der Waals surface area contributed by atoms with E-state index in [1.54, 1.807) is 0 Å². The third-order valence-corrected chi connectivity index (χ3v) is 5.87. The van der Waals surface area contributed by atoms with Crippen molar-refractivity contribution in [3.05, 3.63) is 143 Å². The van der Waals surface area contributed by atoms with Gasteiger partial charge in [-0.2, -0.15) is 0 Å². The van der Waals surface area contributed by atoms with Crippen molar-refractivity contribution in [2.45, 2.75) is 19.5 Å². The summed E-state index contributed by atoms with van der Waals surface area (Å²) in [4.78, 5) is 25.0. The highest BCUT2D eigenvalue weighted by Gasteiger charge is 2.09. The lowest BCUT2D eigenvalue weighted by molar-refractivity contribution is 0.103. The van der Waals surface area contributed by atoms with E-state index in [1.165, 1.54) is 0 Å². The summed E-state index contributed by atoms with van der Waals surface area (Å²) in [6, 6.07) is 34.3. The minimum absolute atomic E-state index is 0.0496. The van der Waals surface area contributed by atoms with Crippen LogP contribution in [0.2, 0.25) is 0 Å². The zero-order valence-corrected chi connectivity index (χ0v) is 19.7. The van der Waals surface area contributed by atoms with Crippen molar-refractivity contribution >= 4 is 11.6 Å². The molecule has 0 fully saturated rings. The van der Waals surface area contributed by atoms with Crippen LogP contribution in [0.15, 0.2) is 109 Å². The number of nitrogens with one attached hydrogen (secondary N) is 2. The fraction of sp³-hybridized carbons (Fsp3) is 0.161. The Hall–Kier alpha value is -3.86. The van der Waals surface area contributed by atoms with Crippen molar-refractivity contribution in [1.29, 1.82) is 0 Å². The number of rotatable bonds is 12. The summed E-state index contributed by atoms with van der Waals surface area (Å²) in [5, 5.41) is 6.91. The minimum Gasteiger partial charge on any atom is -0.313 e. The van der Waals surface area contributed by atoms with Crippen molar-refractivity contribution < 1.29 is 9.59 Å². The molecule has 0 amide bonds. The Morgan fingerprint density at radius 1 is 0.457 bits per heavy atom. The van der Waals surface area contributed by atoms with E-state index >= 15 is 0 Å². The van der Waals surface area contributed by atoms with E-state index in [2.05, 4.69) is 10.6 Å². The van der Waals surface area contributed by atoms with Crippen molar-refractivity contribution in [2.75, 3.05) is 13.1 Å². The number of benzene rings is 4. The number of carbonyl (C=O) groups is 2. The van der Waals surface area contributed by atoms with Crippen molar-refractivity contribution in [3.63, 3.8) is 0 Å². The average Bonchev–Trinajstić information content (AvgIpc) is 2.93. The van der Waals surface area contributed by atoms with Gasteiger partial charge in [-0.3, -0.25) is 9.59 Å². The van der Waals surface area contributed by atoms with Crippen LogP contribution in [0.25, 0.3) is 0 Å². The van der Waals surface area contributed by atoms with E-state index in [0.717, 1.165) is 43.7 Å². The Balaban J connectivity index is 1.12. The van der Waals surface area contributed by atoms with Crippen LogP contribution in [0.1, 0.15) is 49.4 Å². The first-order chi connectivity index (χ1) is 17.2. The first-order valence-corrected chi connectivity index (χ1v) is 12.0. The normalized spacial score (nSPS) is 10.7. The molecule has 4 heteroatoms. The molecule has 0 saturated carbocycles. The highest BCUT2D eigenvalue weighted by Crippen LogP contribution is 2.12. The van der Waals surface area contributed by atoms with Gasteiger partial charge in [-0.25, -0.2) is 0 Å². The van der Waals surface area contributed by atoms with Crippen molar-refractivity contribution in [1.82, 2.24) is 10.6 Å². The van der Waals surface area contributed by atoms with Gasteiger partial charge in [-0.1, -0.05) is 109 Å². The number of carbonyl (C=O) groups excluding carboxylic acids is 2. The van der Waals surface area contributed by atoms with Gasteiger partial charge in [-0.05, 0) is 30.6 Å². The van der Waals surface area contributed by atoms with Crippen LogP contribution in [0.4, 0.5) is 0 Å². The van der Waals surface area contributed by atoms with Crippen LogP contribution < -0.4 is 10.6 Å². The van der Waals surface area contributed by atoms with Crippen LogP contribution in [0.5, 0.6) is 0 Å². The predicted molar refractivity (Wildman–Crippen MR) is 141 cm³/mol. The molecule has 4 aromatic rings. The van der Waals surface area contributed by atoms with Gasteiger partial charge in [0.25, 0.3) is 0 Å². The molecule has 4 nitrogen and oxygen atoms in total. The van der Waals surface area contributed by atoms with Gasteiger partial charge in [0.1, 0.15) is 0 Å². The fourth-order valence-electron chi connectivity index (χ4n) is 3.86. The molecule has 0 aromatic heterocycles. The standard InChI is InChI=1S/C31H30N2O2/c34-30(26-8-3-1-4-9-26)28-16-12-24(13-17-28)22-32-20-7-21-33-23-25-14-18-29(19-15-25)31(35)27-10-5-2-6-11-27/h1-6,8-19,32-33H,7,20-23H2. The summed E-state index contributed by atoms with van der Waals surface area (Å²) in [7, 11) is 0. The molecule has 0 radical (unpaired) electrons. The van der Waals surface area contributed by atoms with Crippen LogP contribution >= 0.6 is 0 Å². The molecule has 4 rings (SSSR count). The zero-order chi connectivity index (χ0) is 24.3. The van der Waals surface area contributed by atoms with Crippen LogP contribution in [-0.4, -0.2) is 24.7 Å². The van der Waals surface area contributed by atoms with Gasteiger partial charge in [-0.15, -0.1) is 0 Å². The highest BCUT2D eigenvalue weighted by molar-refractivity contribution is 6.09. The van der Waals surface area contributed by atoms with E-state index in [4.69, 9.17) is 0 Å². The van der Waals surface area contributed by atoms with E-state index in [9.17, 15) is 9.59 Å². The summed E-state index contributed by atoms with van der Waals surface area (Å²) >= 11 is 0. The molecule has 0 unspecified atom stereocenters. The van der Waals surface area contributed by atoms with Gasteiger partial charge in [0.15, 0.2) is 11.6 Å². The number of hydrogen-bond donors (Lipinski definition) is 2. The molecule has 0 spiro atoms. The summed E-state index contributed by atoms with van der Waals surface area (Å²) in [5.41, 5.74) is 5.16. The van der Waals surface area contributed by atoms with Crippen LogP contribution in [-0.2, 0) is 13.1 Å². The number of ketones is 2. The zero-order valence-electron chi connectivity index (χ0n) is 19.7. The quantitative estimate of drug-likeness (QED) is 0.218. The Labute approximate surface area is 207 Å². The molecule has 0 aliphatic carbocycles. The van der Waals surface area contributed by atoms with Gasteiger partial charge >= 0.3 is 0 Å². The smallest absolute Gasteiger partial charge is 0.193 e. The highest BCUT2D eigenvalue weighted by atomic mass is 16.1. The Morgan fingerprint density at radius 3 is 1.17 bits per heavy atom. The van der Waals surface area contributed by atoms with Gasteiger partial charge in [0.2, 0.25) is 0 Å². The second-order valence-corrected chi connectivity index (χ2v) is 8.49. The van der Waals surface area contributed by atoms with E-state index in [1.807, 2.05) is 109 Å². The van der Waals surface area contributed by atoms with Crippen molar-refractivity contribution in [2.24, 2.45) is 0 Å². The lowest BCUT2D eigenvalue weighted by Crippen LogP contribution is -2.21. The molecule has 176 valence electrons. The second-order valence-electron chi connectivity index (χ2n) is 8.49. The predicted octanol–water partition coefficient (Wildman–Crippen LogP) is 5.42. The van der Waals surface area contributed by atoms with Crippen LogP contribution in [0.3, 0.4) is 0 Å². The largest absolute Gasteiger partial charge is 0.313 e. The molecule has 0 aliphatic rings. The summed E-state index contributed by atoms with van der Waals surface area (Å²) in [5.74, 6) is 0.0993.